The second-order valence-electron chi connectivity index (χ2n) is 14.1. The van der Waals surface area contributed by atoms with Crippen LogP contribution in [-0.4, -0.2) is 24.1 Å². The number of nitrogens with zero attached hydrogens (tertiary/aromatic N) is 5. The Morgan fingerprint density at radius 1 is 0.323 bits per heavy atom. The lowest BCUT2D eigenvalue weighted by molar-refractivity contribution is 0.893. The molecule has 0 unspecified atom stereocenters. The van der Waals surface area contributed by atoms with E-state index in [0.717, 1.165) is 31.4 Å². The number of benzene rings is 9. The van der Waals surface area contributed by atoms with Crippen LogP contribution < -0.4 is 0 Å². The summed E-state index contributed by atoms with van der Waals surface area (Å²) in [5.41, 5.74) is 1.85. The van der Waals surface area contributed by atoms with Crippen molar-refractivity contribution in [3.8, 4) is 67.8 Å². The standard InChI is InChI=1S/C57H37N5/c1-3-18-38(19-4-1)40-22-17-23-42(36-40)43-24-7-8-25-44(43)45-26-9-10-30-50(45)55-58-56(61-51-31-14-11-27-46(51)47-28-12-15-32-52(47)61)60-57(59-55)62-53-33-16-13-29-48(53)49-35-34-41(37-54(49)62)39-20-5-2-6-21-39/h1-37H/i2D,5D,6D,11D,12D,13D,14D,15D,16D,20D,21D,27D,28D,29D,31D,32D,33D,34D,35D,37D. The van der Waals surface area contributed by atoms with Crippen molar-refractivity contribution in [1.29, 1.82) is 0 Å². The van der Waals surface area contributed by atoms with Crippen LogP contribution in [0.25, 0.3) is 111 Å². The first-order valence-electron chi connectivity index (χ1n) is 29.3. The first-order chi connectivity index (χ1) is 39.1. The third-order valence-corrected chi connectivity index (χ3v) is 10.6. The van der Waals surface area contributed by atoms with Gasteiger partial charge in [-0.2, -0.15) is 15.0 Å². The molecule has 12 aromatic rings. The lowest BCUT2D eigenvalue weighted by Gasteiger charge is -2.16. The normalized spacial score (nSPS) is 16.1. The van der Waals surface area contributed by atoms with Gasteiger partial charge in [0.05, 0.1) is 49.5 Å². The molecule has 0 bridgehead atoms. The number of hydrogen-bond donors (Lipinski definition) is 0. The Bertz CT molecular complexity index is 4720. The molecule has 0 N–H and O–H groups in total. The molecule has 0 aliphatic rings. The zero-order valence-electron chi connectivity index (χ0n) is 52.1. The quantitative estimate of drug-likeness (QED) is 0.161. The predicted molar refractivity (Wildman–Crippen MR) is 256 cm³/mol. The van der Waals surface area contributed by atoms with Gasteiger partial charge in [0.15, 0.2) is 5.82 Å². The summed E-state index contributed by atoms with van der Waals surface area (Å²) in [4.78, 5) is 14.9. The number of hydrogen-bond acceptors (Lipinski definition) is 3. The van der Waals surface area contributed by atoms with Crippen molar-refractivity contribution in [2.45, 2.75) is 0 Å². The largest absolute Gasteiger partial charge is 0.278 e. The Hall–Kier alpha value is -8.41. The maximum Gasteiger partial charge on any atom is 0.240 e. The minimum Gasteiger partial charge on any atom is -0.278 e. The average molecular weight is 812 g/mol. The fraction of sp³-hybridized carbons (Fsp3) is 0. The van der Waals surface area contributed by atoms with Gasteiger partial charge >= 0.3 is 0 Å². The van der Waals surface area contributed by atoms with Crippen LogP contribution in [0.5, 0.6) is 0 Å². The Morgan fingerprint density at radius 2 is 0.806 bits per heavy atom. The molecule has 62 heavy (non-hydrogen) atoms. The van der Waals surface area contributed by atoms with E-state index in [0.29, 0.717) is 11.1 Å². The van der Waals surface area contributed by atoms with E-state index < -0.39 is 177 Å². The second kappa shape index (κ2) is 14.7. The third-order valence-electron chi connectivity index (χ3n) is 10.6. The van der Waals surface area contributed by atoms with Crippen LogP contribution in [0.2, 0.25) is 0 Å². The zero-order valence-corrected chi connectivity index (χ0v) is 32.1. The van der Waals surface area contributed by atoms with Crippen LogP contribution in [0, 0.1) is 0 Å². The van der Waals surface area contributed by atoms with Crippen LogP contribution in [0.4, 0.5) is 0 Å². The van der Waals surface area contributed by atoms with E-state index in [-0.39, 0.29) is 22.2 Å². The van der Waals surface area contributed by atoms with Crippen LogP contribution in [-0.2, 0) is 0 Å². The highest BCUT2D eigenvalue weighted by Crippen LogP contribution is 2.40. The van der Waals surface area contributed by atoms with E-state index in [1.807, 2.05) is 78.9 Å². The number of fused-ring (bicyclic) bond motifs is 6. The molecule has 0 spiro atoms. The predicted octanol–water partition coefficient (Wildman–Crippen LogP) is 14.4. The van der Waals surface area contributed by atoms with Crippen molar-refractivity contribution >= 4 is 43.6 Å². The van der Waals surface area contributed by atoms with Gasteiger partial charge in [-0.05, 0) is 74.7 Å². The maximum absolute atomic E-state index is 9.99. The molecule has 5 nitrogen and oxygen atoms in total. The number of aromatic nitrogens is 5. The monoisotopic (exact) mass is 811 g/mol. The Labute approximate surface area is 386 Å². The Balaban J connectivity index is 1.28. The molecule has 290 valence electrons. The summed E-state index contributed by atoms with van der Waals surface area (Å²) in [6, 6.07) is 16.9. The van der Waals surface area contributed by atoms with Gasteiger partial charge in [-0.1, -0.05) is 194 Å². The van der Waals surface area contributed by atoms with Gasteiger partial charge < -0.3 is 0 Å². The molecule has 0 aliphatic heterocycles. The lowest BCUT2D eigenvalue weighted by atomic mass is 9.90. The van der Waals surface area contributed by atoms with Crippen LogP contribution in [0.3, 0.4) is 0 Å². The van der Waals surface area contributed by atoms with Crippen molar-refractivity contribution in [3.63, 3.8) is 0 Å². The van der Waals surface area contributed by atoms with E-state index in [9.17, 15) is 9.60 Å². The molecule has 0 saturated heterocycles. The molecule has 0 saturated carbocycles. The summed E-state index contributed by atoms with van der Waals surface area (Å²) in [6.07, 6.45) is 0. The third kappa shape index (κ3) is 5.90. The van der Waals surface area contributed by atoms with Gasteiger partial charge in [0.2, 0.25) is 11.9 Å². The minimum absolute atomic E-state index is 0.239. The van der Waals surface area contributed by atoms with E-state index in [4.69, 9.17) is 32.8 Å². The van der Waals surface area contributed by atoms with Gasteiger partial charge in [-0.25, -0.2) is 0 Å². The van der Waals surface area contributed by atoms with Crippen LogP contribution in [0.1, 0.15) is 27.4 Å². The van der Waals surface area contributed by atoms with E-state index >= 15 is 0 Å². The first kappa shape index (κ1) is 20.7. The number of rotatable bonds is 7. The smallest absolute Gasteiger partial charge is 0.240 e. The summed E-state index contributed by atoms with van der Waals surface area (Å²) in [5.74, 6) is -1.40. The minimum atomic E-state index is -0.826. The van der Waals surface area contributed by atoms with Crippen molar-refractivity contribution in [3.05, 3.63) is 224 Å². The van der Waals surface area contributed by atoms with Gasteiger partial charge in [0, 0.05) is 27.1 Å². The topological polar surface area (TPSA) is 48.5 Å². The zero-order chi connectivity index (χ0) is 58.4. The summed E-state index contributed by atoms with van der Waals surface area (Å²) in [5, 5.41) is -1.46. The molecule has 3 heterocycles. The molecule has 0 atom stereocenters. The second-order valence-corrected chi connectivity index (χ2v) is 14.1. The maximum atomic E-state index is 9.99. The average Bonchev–Trinajstić information content (AvgIpc) is 3.20. The SMILES string of the molecule is [2H]c1c([2H])c([2H])c(-c2c([2H])c([2H])c3c4c([2H])c([2H])c([2H])c([2H])c4n(-c4nc(-c5ccccc5-c5ccccc5-c5cccc(-c6ccccc6)c5)nc(-n5c6c([2H])c([2H])c([2H])c([2H])c6c6c([2H])c([2H])c([2H])c([2H])c65)n4)c3c2[2H])c([2H])c1[2H]. The molecule has 12 rings (SSSR count). The van der Waals surface area contributed by atoms with Gasteiger partial charge in [-0.3, -0.25) is 9.13 Å². The summed E-state index contributed by atoms with van der Waals surface area (Å²) in [6.45, 7) is 0. The number of para-hydroxylation sites is 3. The lowest BCUT2D eigenvalue weighted by Crippen LogP contribution is -2.10. The van der Waals surface area contributed by atoms with E-state index in [1.54, 1.807) is 24.3 Å². The van der Waals surface area contributed by atoms with Crippen LogP contribution in [0.15, 0.2) is 224 Å². The molecule has 0 radical (unpaired) electrons. The molecular formula is C57H37N5. The highest BCUT2D eigenvalue weighted by Gasteiger charge is 2.22. The fourth-order valence-electron chi connectivity index (χ4n) is 7.89. The molecule has 0 amide bonds. The van der Waals surface area contributed by atoms with Crippen molar-refractivity contribution in [2.24, 2.45) is 0 Å². The molecule has 9 aromatic carbocycles. The fourth-order valence-corrected chi connectivity index (χ4v) is 7.89. The molecular weight excluding hydrogens is 755 g/mol. The summed E-state index contributed by atoms with van der Waals surface area (Å²) in [7, 11) is 0. The van der Waals surface area contributed by atoms with E-state index in [2.05, 4.69) is 0 Å². The van der Waals surface area contributed by atoms with Gasteiger partial charge in [0.1, 0.15) is 0 Å². The van der Waals surface area contributed by atoms with Crippen molar-refractivity contribution in [2.75, 3.05) is 0 Å². The van der Waals surface area contributed by atoms with Gasteiger partial charge in [0.25, 0.3) is 0 Å². The molecule has 5 heteroatoms. The highest BCUT2D eigenvalue weighted by atomic mass is 15.3. The van der Waals surface area contributed by atoms with Crippen molar-refractivity contribution in [1.82, 2.24) is 24.1 Å². The van der Waals surface area contributed by atoms with Crippen LogP contribution >= 0.6 is 0 Å². The summed E-state index contributed by atoms with van der Waals surface area (Å²) < 4.78 is 183. The van der Waals surface area contributed by atoms with E-state index in [1.165, 1.54) is 0 Å². The molecule has 0 aliphatic carbocycles. The first-order valence-corrected chi connectivity index (χ1v) is 19.3. The highest BCUT2D eigenvalue weighted by molar-refractivity contribution is 6.11. The van der Waals surface area contributed by atoms with Crippen molar-refractivity contribution < 1.29 is 27.4 Å². The molecule has 3 aromatic heterocycles. The Morgan fingerprint density at radius 3 is 1.45 bits per heavy atom. The Kier molecular flexibility index (Phi) is 4.91. The molecule has 0 fully saturated rings. The summed E-state index contributed by atoms with van der Waals surface area (Å²) >= 11 is 0. The van der Waals surface area contributed by atoms with Gasteiger partial charge in [-0.15, -0.1) is 0 Å².